The number of rotatable bonds is 6. The van der Waals surface area contributed by atoms with Gasteiger partial charge in [-0.05, 0) is 49.4 Å². The molecule has 3 aromatic rings. The molecule has 1 atom stereocenters. The van der Waals surface area contributed by atoms with E-state index in [1.54, 1.807) is 35.2 Å². The third-order valence-corrected chi connectivity index (χ3v) is 10.5. The lowest BCUT2D eigenvalue weighted by molar-refractivity contribution is -0.152. The van der Waals surface area contributed by atoms with Crippen molar-refractivity contribution in [2.75, 3.05) is 50.7 Å². The molecule has 1 aromatic carbocycles. The van der Waals surface area contributed by atoms with Gasteiger partial charge in [-0.2, -0.15) is 9.40 Å². The molecule has 3 aliphatic rings. The van der Waals surface area contributed by atoms with E-state index in [9.17, 15) is 22.8 Å². The van der Waals surface area contributed by atoms with Crippen molar-refractivity contribution in [1.82, 2.24) is 28.9 Å². The number of hydrogen-bond donors (Lipinski definition) is 1. The second-order valence-electron chi connectivity index (χ2n) is 11.0. The monoisotopic (exact) mass is 601 g/mol. The first-order valence-electron chi connectivity index (χ1n) is 13.8. The summed E-state index contributed by atoms with van der Waals surface area (Å²) < 4.78 is 29.8. The van der Waals surface area contributed by atoms with Gasteiger partial charge in [0.1, 0.15) is 11.9 Å². The largest absolute Gasteiger partial charge is 0.360 e. The summed E-state index contributed by atoms with van der Waals surface area (Å²) in [6.07, 6.45) is 4.04. The van der Waals surface area contributed by atoms with E-state index in [1.807, 2.05) is 0 Å². The highest BCUT2D eigenvalue weighted by molar-refractivity contribution is 7.89. The number of aromatic nitrogens is 3. The Morgan fingerprint density at radius 1 is 1.10 bits per heavy atom. The molecule has 5 heterocycles. The lowest BCUT2D eigenvalue weighted by Crippen LogP contribution is -2.64. The number of carbonyl (C=O) groups is 2. The second kappa shape index (κ2) is 10.8. The fourth-order valence-corrected chi connectivity index (χ4v) is 7.45. The van der Waals surface area contributed by atoms with Gasteiger partial charge in [-0.3, -0.25) is 14.4 Å². The average molecular weight is 602 g/mol. The Kier molecular flexibility index (Phi) is 7.28. The molecule has 3 saturated heterocycles. The molecule has 3 aliphatic heterocycles. The lowest BCUT2D eigenvalue weighted by atomic mass is 9.94. The lowest BCUT2D eigenvalue weighted by Gasteiger charge is -2.45. The summed E-state index contributed by atoms with van der Waals surface area (Å²) in [5.41, 5.74) is 0.406. The van der Waals surface area contributed by atoms with Gasteiger partial charge in [0.25, 0.3) is 5.56 Å². The quantitative estimate of drug-likeness (QED) is 0.450. The third kappa shape index (κ3) is 5.22. The van der Waals surface area contributed by atoms with Crippen molar-refractivity contribution in [2.24, 2.45) is 13.0 Å². The van der Waals surface area contributed by atoms with Gasteiger partial charge in [0.05, 0.1) is 16.5 Å². The summed E-state index contributed by atoms with van der Waals surface area (Å²) in [7, 11) is -2.43. The van der Waals surface area contributed by atoms with E-state index in [0.717, 1.165) is 29.4 Å². The molecule has 41 heavy (non-hydrogen) atoms. The van der Waals surface area contributed by atoms with Crippen LogP contribution in [0.4, 0.5) is 5.82 Å². The van der Waals surface area contributed by atoms with Crippen LogP contribution in [0.2, 0.25) is 5.02 Å². The topological polar surface area (TPSA) is 132 Å². The number of amides is 2. The molecule has 2 aromatic heterocycles. The van der Waals surface area contributed by atoms with E-state index >= 15 is 0 Å². The number of H-pyrrole nitrogens is 1. The standard InChI is InChI=1S/C27H32ClN7O5S/c1-31-25(36)6-5-24(30-31)32-11-7-18(8-12-32)15-35-23(27(38)33-9-2-10-33)16-34(17-26(35)37)41(39,40)19-3-4-20-21(28)14-29-22(20)13-19/h3-6,13-14,18,23,29H,2,7-12,15-17H2,1H3/t23-/m1/s1. The first-order valence-corrected chi connectivity index (χ1v) is 15.6. The number of anilines is 1. The normalized spacial score (nSPS) is 21.0. The molecule has 0 radical (unpaired) electrons. The molecule has 1 N–H and O–H groups in total. The molecule has 14 heteroatoms. The number of hydrogen-bond acceptors (Lipinski definition) is 7. The molecule has 0 saturated carbocycles. The van der Waals surface area contributed by atoms with Crippen LogP contribution in [0.15, 0.2) is 46.2 Å². The molecule has 12 nitrogen and oxygen atoms in total. The zero-order valence-corrected chi connectivity index (χ0v) is 24.3. The fourth-order valence-electron chi connectivity index (χ4n) is 5.80. The van der Waals surface area contributed by atoms with Gasteiger partial charge < -0.3 is 19.7 Å². The van der Waals surface area contributed by atoms with Gasteiger partial charge in [-0.1, -0.05) is 11.6 Å². The fraction of sp³-hybridized carbons (Fsp3) is 0.481. The Morgan fingerprint density at radius 2 is 1.85 bits per heavy atom. The average Bonchev–Trinajstić information content (AvgIpc) is 3.30. The van der Waals surface area contributed by atoms with Crippen molar-refractivity contribution in [3.05, 3.63) is 51.9 Å². The number of aromatic amines is 1. The molecular weight excluding hydrogens is 570 g/mol. The zero-order chi connectivity index (χ0) is 28.9. The summed E-state index contributed by atoms with van der Waals surface area (Å²) in [6.45, 7) is 2.60. The van der Waals surface area contributed by atoms with Crippen LogP contribution in [0.1, 0.15) is 19.3 Å². The molecular formula is C27H32ClN7O5S. The Hall–Kier alpha value is -3.42. The van der Waals surface area contributed by atoms with Gasteiger partial charge >= 0.3 is 0 Å². The van der Waals surface area contributed by atoms with E-state index in [0.29, 0.717) is 48.6 Å². The predicted octanol–water partition coefficient (Wildman–Crippen LogP) is 1.27. The van der Waals surface area contributed by atoms with Crippen LogP contribution in [-0.2, 0) is 26.7 Å². The number of piperidine rings is 1. The maximum absolute atomic E-state index is 13.7. The van der Waals surface area contributed by atoms with Crippen molar-refractivity contribution < 1.29 is 18.0 Å². The minimum atomic E-state index is -4.04. The van der Waals surface area contributed by atoms with Gasteiger partial charge in [-0.25, -0.2) is 13.1 Å². The molecule has 0 spiro atoms. The minimum absolute atomic E-state index is 0.0410. The van der Waals surface area contributed by atoms with Crippen molar-refractivity contribution >= 4 is 50.2 Å². The molecule has 0 aliphatic carbocycles. The van der Waals surface area contributed by atoms with Gasteiger partial charge in [0.15, 0.2) is 0 Å². The number of halogens is 1. The number of fused-ring (bicyclic) bond motifs is 1. The molecule has 0 unspecified atom stereocenters. The molecule has 3 fully saturated rings. The van der Waals surface area contributed by atoms with Crippen LogP contribution < -0.4 is 10.5 Å². The Morgan fingerprint density at radius 3 is 2.54 bits per heavy atom. The van der Waals surface area contributed by atoms with Crippen molar-refractivity contribution in [3.63, 3.8) is 0 Å². The highest BCUT2D eigenvalue weighted by Gasteiger charge is 2.44. The van der Waals surface area contributed by atoms with Crippen molar-refractivity contribution in [2.45, 2.75) is 30.2 Å². The van der Waals surface area contributed by atoms with Crippen LogP contribution in [0.3, 0.4) is 0 Å². The van der Waals surface area contributed by atoms with Crippen molar-refractivity contribution in [3.8, 4) is 0 Å². The third-order valence-electron chi connectivity index (χ3n) is 8.42. The number of sulfonamides is 1. The number of aryl methyl sites for hydroxylation is 1. The molecule has 2 amide bonds. The van der Waals surface area contributed by atoms with Crippen molar-refractivity contribution in [1.29, 1.82) is 0 Å². The number of nitrogens with zero attached hydrogens (tertiary/aromatic N) is 6. The van der Waals surface area contributed by atoms with Gasteiger partial charge in [0, 0.05) is 69.5 Å². The number of nitrogens with one attached hydrogen (secondary N) is 1. The predicted molar refractivity (Wildman–Crippen MR) is 153 cm³/mol. The highest BCUT2D eigenvalue weighted by Crippen LogP contribution is 2.30. The number of carbonyl (C=O) groups excluding carboxylic acids is 2. The van der Waals surface area contributed by atoms with Crippen LogP contribution in [-0.4, -0.2) is 101 Å². The van der Waals surface area contributed by atoms with Crippen LogP contribution in [0.5, 0.6) is 0 Å². The Labute approximate surface area is 242 Å². The van der Waals surface area contributed by atoms with E-state index in [1.165, 1.54) is 22.9 Å². The second-order valence-corrected chi connectivity index (χ2v) is 13.3. The maximum atomic E-state index is 13.7. The molecule has 6 rings (SSSR count). The van der Waals surface area contributed by atoms with E-state index in [-0.39, 0.29) is 41.3 Å². The van der Waals surface area contributed by atoms with Gasteiger partial charge in [0.2, 0.25) is 21.8 Å². The summed E-state index contributed by atoms with van der Waals surface area (Å²) in [5.74, 6) is 0.302. The minimum Gasteiger partial charge on any atom is -0.360 e. The summed E-state index contributed by atoms with van der Waals surface area (Å²) in [4.78, 5) is 47.2. The molecule has 0 bridgehead atoms. The van der Waals surface area contributed by atoms with Crippen LogP contribution in [0, 0.1) is 5.92 Å². The number of piperazine rings is 1. The number of benzene rings is 1. The Bertz CT molecular complexity index is 1660. The van der Waals surface area contributed by atoms with Gasteiger partial charge in [-0.15, -0.1) is 0 Å². The maximum Gasteiger partial charge on any atom is 0.266 e. The highest BCUT2D eigenvalue weighted by atomic mass is 35.5. The van der Waals surface area contributed by atoms with E-state index in [2.05, 4.69) is 15.0 Å². The smallest absolute Gasteiger partial charge is 0.266 e. The van der Waals surface area contributed by atoms with E-state index in [4.69, 9.17) is 11.6 Å². The molecule has 218 valence electrons. The SMILES string of the molecule is Cn1nc(N2CCC(CN3C(=O)CN(S(=O)(=O)c4ccc5c(Cl)c[nH]c5c4)C[C@@H]3C(=O)N3CCC3)CC2)ccc1=O. The van der Waals surface area contributed by atoms with E-state index < -0.39 is 16.1 Å². The first kappa shape index (κ1) is 27.7. The van der Waals surface area contributed by atoms with Crippen LogP contribution in [0.25, 0.3) is 10.9 Å². The summed E-state index contributed by atoms with van der Waals surface area (Å²) in [5, 5.41) is 5.53. The first-order chi connectivity index (χ1) is 19.6. The number of likely N-dealkylation sites (tertiary alicyclic amines) is 1. The zero-order valence-electron chi connectivity index (χ0n) is 22.7. The summed E-state index contributed by atoms with van der Waals surface area (Å²) >= 11 is 6.16. The summed E-state index contributed by atoms with van der Waals surface area (Å²) in [6, 6.07) is 6.96. The Balaban J connectivity index is 1.19. The van der Waals surface area contributed by atoms with Crippen LogP contribution >= 0.6 is 11.6 Å².